The number of hydrogen-bond donors (Lipinski definition) is 5. The molecule has 23 heavy (non-hydrogen) atoms. The molecule has 0 saturated carbocycles. The van der Waals surface area contributed by atoms with Crippen LogP contribution in [0.4, 0.5) is 5.69 Å². The van der Waals surface area contributed by atoms with Crippen LogP contribution < -0.4 is 46.4 Å². The number of aromatic nitrogens is 3. The summed E-state index contributed by atoms with van der Waals surface area (Å²) in [6, 6.07) is 1.38. The van der Waals surface area contributed by atoms with Crippen molar-refractivity contribution >= 4 is 16.6 Å². The molecule has 11 heteroatoms. The third-order valence-electron chi connectivity index (χ3n) is 3.63. The van der Waals surface area contributed by atoms with Crippen molar-refractivity contribution in [3.05, 3.63) is 33.0 Å². The Labute approximate surface area is 150 Å². The number of H-pyrrole nitrogens is 1. The second-order valence-corrected chi connectivity index (χ2v) is 4.97. The fourth-order valence-corrected chi connectivity index (χ4v) is 2.48. The van der Waals surface area contributed by atoms with Crippen LogP contribution in [0.15, 0.2) is 21.9 Å². The Kier molecular flexibility index (Phi) is 5.26. The normalized spacial score (nSPS) is 27.1. The first-order valence-corrected chi connectivity index (χ1v) is 6.47. The summed E-state index contributed by atoms with van der Waals surface area (Å²) in [6.07, 6.45) is -4.03. The van der Waals surface area contributed by atoms with Crippen molar-refractivity contribution in [3.63, 3.8) is 0 Å². The van der Waals surface area contributed by atoms with E-state index in [0.717, 1.165) is 4.68 Å². The van der Waals surface area contributed by atoms with Crippen molar-refractivity contribution in [1.29, 1.82) is 0 Å². The second-order valence-electron chi connectivity index (χ2n) is 4.97. The molecule has 0 aromatic carbocycles. The number of pyridine rings is 1. The van der Waals surface area contributed by atoms with Gasteiger partial charge in [0.05, 0.1) is 12.0 Å². The van der Waals surface area contributed by atoms with Crippen LogP contribution in [-0.2, 0) is 4.74 Å². The van der Waals surface area contributed by atoms with Gasteiger partial charge in [-0.25, -0.2) is 9.67 Å². The van der Waals surface area contributed by atoms with Crippen molar-refractivity contribution in [1.82, 2.24) is 14.8 Å². The molecule has 1 aliphatic rings. The van der Waals surface area contributed by atoms with Crippen LogP contribution in [0.3, 0.4) is 0 Å². The van der Waals surface area contributed by atoms with Gasteiger partial charge in [-0.1, -0.05) is 0 Å². The maximum atomic E-state index is 12.4. The maximum Gasteiger partial charge on any atom is 1.00 e. The van der Waals surface area contributed by atoms with E-state index in [1.165, 1.54) is 12.3 Å². The van der Waals surface area contributed by atoms with Crippen LogP contribution in [0.5, 0.6) is 0 Å². The predicted octanol–water partition coefficient (Wildman–Crippen LogP) is -5.72. The summed E-state index contributed by atoms with van der Waals surface area (Å²) in [7, 11) is 0. The first-order valence-electron chi connectivity index (χ1n) is 6.47. The number of aliphatic hydroxyl groups is 3. The molecule has 0 radical (unpaired) electrons. The van der Waals surface area contributed by atoms with Crippen LogP contribution >= 0.6 is 0 Å². The fourth-order valence-electron chi connectivity index (χ4n) is 2.48. The number of nitrogens with two attached hydrogens (primary N) is 1. The zero-order valence-corrected chi connectivity index (χ0v) is 14.2. The predicted molar refractivity (Wildman–Crippen MR) is 74.0 cm³/mol. The van der Waals surface area contributed by atoms with E-state index in [0.29, 0.717) is 0 Å². The number of rotatable bonds is 2. The number of nitrogens with one attached hydrogen (secondary N) is 1. The summed E-state index contributed by atoms with van der Waals surface area (Å²) >= 11 is 0. The van der Waals surface area contributed by atoms with Crippen molar-refractivity contribution < 1.29 is 49.6 Å². The van der Waals surface area contributed by atoms with Gasteiger partial charge >= 0.3 is 29.6 Å². The van der Waals surface area contributed by atoms with E-state index in [1.807, 2.05) is 0 Å². The van der Waals surface area contributed by atoms with Gasteiger partial charge < -0.3 is 25.8 Å². The van der Waals surface area contributed by atoms with Crippen LogP contribution in [0, 0.1) is 0 Å². The Hall–Kier alpha value is -1.27. The van der Waals surface area contributed by atoms with E-state index in [4.69, 9.17) is 15.6 Å². The van der Waals surface area contributed by atoms with Gasteiger partial charge in [0.15, 0.2) is 6.23 Å². The topological polar surface area (TPSA) is 164 Å². The number of nitrogen functional groups attached to an aromatic ring is 1. The molecule has 1 aliphatic heterocycles. The number of aliphatic hydroxyl groups excluding tert-OH is 3. The molecule has 0 amide bonds. The second kappa shape index (κ2) is 6.69. The molecule has 118 valence electrons. The van der Waals surface area contributed by atoms with Gasteiger partial charge in [0.2, 0.25) is 0 Å². The molecule has 1 saturated heterocycles. The van der Waals surface area contributed by atoms with Crippen molar-refractivity contribution in [2.45, 2.75) is 24.5 Å². The summed E-state index contributed by atoms with van der Waals surface area (Å²) in [5.74, 6) is 0. The minimum absolute atomic E-state index is 0. The Morgan fingerprint density at radius 2 is 2.04 bits per heavy atom. The van der Waals surface area contributed by atoms with Crippen LogP contribution in [0.2, 0.25) is 0 Å². The number of fused-ring (bicyclic) bond motifs is 1. The van der Waals surface area contributed by atoms with E-state index in [-0.39, 0.29) is 46.1 Å². The average molecular weight is 333 g/mol. The van der Waals surface area contributed by atoms with Crippen LogP contribution in [0.1, 0.15) is 6.23 Å². The molecule has 3 rings (SSSR count). The van der Waals surface area contributed by atoms with Gasteiger partial charge in [-0.15, -0.1) is 0 Å². The van der Waals surface area contributed by atoms with Crippen LogP contribution in [-0.4, -0.2) is 55.0 Å². The third kappa shape index (κ3) is 2.83. The van der Waals surface area contributed by atoms with Crippen LogP contribution in [0.25, 0.3) is 10.9 Å². The van der Waals surface area contributed by atoms with Crippen molar-refractivity contribution in [2.24, 2.45) is 0 Å². The summed E-state index contributed by atoms with van der Waals surface area (Å²) in [6.45, 7) is -0.549. The number of aromatic amines is 1. The molecule has 0 spiro atoms. The van der Waals surface area contributed by atoms with E-state index < -0.39 is 42.3 Å². The Balaban J connectivity index is 0.00000192. The first kappa shape index (κ1) is 18.1. The Morgan fingerprint density at radius 3 is 2.65 bits per heavy atom. The molecule has 10 nitrogen and oxygen atoms in total. The molecule has 2 aromatic rings. The van der Waals surface area contributed by atoms with Gasteiger partial charge in [-0.05, 0) is 6.07 Å². The zero-order chi connectivity index (χ0) is 16.0. The molecule has 0 bridgehead atoms. The summed E-state index contributed by atoms with van der Waals surface area (Å²) in [4.78, 5) is 28.3. The molecule has 0 aliphatic carbocycles. The quantitative estimate of drug-likeness (QED) is 0.339. The molecule has 3 heterocycles. The molecule has 2 aromatic heterocycles. The number of ether oxygens (including phenoxy) is 1. The summed E-state index contributed by atoms with van der Waals surface area (Å²) in [5, 5.41) is 30.9. The number of anilines is 1. The monoisotopic (exact) mass is 333 g/mol. The van der Waals surface area contributed by atoms with Crippen molar-refractivity contribution in [3.8, 4) is 0 Å². The van der Waals surface area contributed by atoms with Gasteiger partial charge in [0, 0.05) is 11.9 Å². The molecule has 4 atom stereocenters. The minimum atomic E-state index is -1.50. The zero-order valence-electron chi connectivity index (χ0n) is 12.2. The SMILES string of the molecule is Nc1ccnc2c(=O)n([C@@H]3O[C@H](CO)[C@@H](O)[C@H]3O)[nH]c(=O)c12.[Na+]. The van der Waals surface area contributed by atoms with Crippen molar-refractivity contribution in [2.75, 3.05) is 12.3 Å². The Morgan fingerprint density at radius 1 is 1.35 bits per heavy atom. The Bertz CT molecular complexity index is 836. The maximum absolute atomic E-state index is 12.4. The summed E-state index contributed by atoms with van der Waals surface area (Å²) < 4.78 is 5.96. The molecular formula is C12H14N4NaO6+. The van der Waals surface area contributed by atoms with Gasteiger partial charge in [0.25, 0.3) is 11.1 Å². The third-order valence-corrected chi connectivity index (χ3v) is 3.63. The minimum Gasteiger partial charge on any atom is -0.398 e. The van der Waals surface area contributed by atoms with Gasteiger partial charge in [0.1, 0.15) is 23.8 Å². The van der Waals surface area contributed by atoms with E-state index in [1.54, 1.807) is 0 Å². The molecule has 1 fully saturated rings. The largest absolute Gasteiger partial charge is 1.00 e. The fraction of sp³-hybridized carbons (Fsp3) is 0.417. The molecule has 0 unspecified atom stereocenters. The van der Waals surface area contributed by atoms with E-state index >= 15 is 0 Å². The van der Waals surface area contributed by atoms with Gasteiger partial charge in [-0.3, -0.25) is 14.7 Å². The standard InChI is InChI=1S/C12H14N4O6.Na/c13-4-1-2-14-7-6(4)10(20)15-16(11(7)21)12-9(19)8(18)5(3-17)22-12;/h1-2,5,8-9,12,17-19H,3H2,(H2,13,14)(H,15,20);/q;+1/t5-,8-,9-,12-;/m1./s1. The van der Waals surface area contributed by atoms with E-state index in [9.17, 15) is 19.8 Å². The summed E-state index contributed by atoms with van der Waals surface area (Å²) in [5.41, 5.74) is 4.15. The number of hydrogen-bond acceptors (Lipinski definition) is 8. The average Bonchev–Trinajstić information content (AvgIpc) is 2.78. The molecule has 6 N–H and O–H groups in total. The number of nitrogens with zero attached hydrogens (tertiary/aromatic N) is 2. The smallest absolute Gasteiger partial charge is 0.398 e. The molecular weight excluding hydrogens is 319 g/mol. The first-order chi connectivity index (χ1) is 10.5. The van der Waals surface area contributed by atoms with Gasteiger partial charge in [-0.2, -0.15) is 0 Å². The van der Waals surface area contributed by atoms with E-state index in [2.05, 4.69) is 10.1 Å².